The number of aliphatic imine (C=N–C) groups is 1. The topological polar surface area (TPSA) is 87.8 Å². The van der Waals surface area contributed by atoms with E-state index in [0.29, 0.717) is 23.1 Å². The normalized spacial score (nSPS) is 10.9. The van der Waals surface area contributed by atoms with Crippen LogP contribution in [0.5, 0.6) is 5.75 Å². The number of benzene rings is 3. The minimum Gasteiger partial charge on any atom is -0.506 e. The molecule has 0 bridgehead atoms. The van der Waals surface area contributed by atoms with Crippen molar-refractivity contribution >= 4 is 33.5 Å². The smallest absolute Gasteiger partial charge is 0.269 e. The SMILES string of the molecule is O=[N+]([O-])c1ccc(NCCN=Cc2cc(Cc3ccccc3)cc(Br)c2O)cc1. The second kappa shape index (κ2) is 9.84. The van der Waals surface area contributed by atoms with E-state index in [9.17, 15) is 15.2 Å². The van der Waals surface area contributed by atoms with Crippen LogP contribution < -0.4 is 5.32 Å². The predicted octanol–water partition coefficient (Wildman–Crippen LogP) is 5.18. The molecule has 6 nitrogen and oxygen atoms in total. The number of nitro groups is 1. The maximum atomic E-state index is 10.7. The van der Waals surface area contributed by atoms with Crippen molar-refractivity contribution in [3.8, 4) is 5.75 Å². The maximum Gasteiger partial charge on any atom is 0.269 e. The second-order valence-electron chi connectivity index (χ2n) is 6.44. The first-order valence-corrected chi connectivity index (χ1v) is 9.85. The van der Waals surface area contributed by atoms with Crippen molar-refractivity contribution in [1.29, 1.82) is 0 Å². The van der Waals surface area contributed by atoms with Gasteiger partial charge in [-0.1, -0.05) is 30.3 Å². The van der Waals surface area contributed by atoms with Gasteiger partial charge in [-0.3, -0.25) is 15.1 Å². The summed E-state index contributed by atoms with van der Waals surface area (Å²) >= 11 is 3.41. The van der Waals surface area contributed by atoms with Crippen LogP contribution >= 0.6 is 15.9 Å². The van der Waals surface area contributed by atoms with Gasteiger partial charge < -0.3 is 10.4 Å². The lowest BCUT2D eigenvalue weighted by atomic mass is 10.0. The molecule has 0 atom stereocenters. The van der Waals surface area contributed by atoms with Crippen LogP contribution in [0.1, 0.15) is 16.7 Å². The molecule has 0 saturated heterocycles. The van der Waals surface area contributed by atoms with Crippen LogP contribution in [0.25, 0.3) is 0 Å². The highest BCUT2D eigenvalue weighted by Gasteiger charge is 2.07. The van der Waals surface area contributed by atoms with Gasteiger partial charge in [-0.05, 0) is 57.7 Å². The minimum absolute atomic E-state index is 0.0602. The summed E-state index contributed by atoms with van der Waals surface area (Å²) < 4.78 is 0.636. The molecule has 0 aliphatic carbocycles. The fourth-order valence-corrected chi connectivity index (χ4v) is 3.36. The number of nitrogens with zero attached hydrogens (tertiary/aromatic N) is 2. The molecule has 148 valence electrons. The molecule has 0 radical (unpaired) electrons. The van der Waals surface area contributed by atoms with Crippen LogP contribution in [-0.2, 0) is 6.42 Å². The first-order valence-electron chi connectivity index (χ1n) is 9.06. The average Bonchev–Trinajstić information content (AvgIpc) is 2.72. The van der Waals surface area contributed by atoms with Crippen LogP contribution in [-0.4, -0.2) is 29.3 Å². The molecular weight excluding hydrogens is 434 g/mol. The molecule has 3 aromatic rings. The van der Waals surface area contributed by atoms with Gasteiger partial charge >= 0.3 is 0 Å². The van der Waals surface area contributed by atoms with Crippen molar-refractivity contribution in [3.05, 3.63) is 98.0 Å². The van der Waals surface area contributed by atoms with E-state index in [1.54, 1.807) is 18.3 Å². The van der Waals surface area contributed by atoms with Gasteiger partial charge in [0.2, 0.25) is 0 Å². The number of aromatic hydroxyl groups is 1. The Morgan fingerprint density at radius 3 is 2.48 bits per heavy atom. The highest BCUT2D eigenvalue weighted by molar-refractivity contribution is 9.10. The van der Waals surface area contributed by atoms with E-state index >= 15 is 0 Å². The van der Waals surface area contributed by atoms with E-state index in [-0.39, 0.29) is 11.4 Å². The molecule has 0 saturated carbocycles. The molecule has 0 amide bonds. The Labute approximate surface area is 177 Å². The highest BCUT2D eigenvalue weighted by Crippen LogP contribution is 2.29. The number of hydrogen-bond donors (Lipinski definition) is 2. The fraction of sp³-hybridized carbons (Fsp3) is 0.136. The summed E-state index contributed by atoms with van der Waals surface area (Å²) in [5.41, 5.74) is 3.78. The highest BCUT2D eigenvalue weighted by atomic mass is 79.9. The summed E-state index contributed by atoms with van der Waals surface area (Å²) in [4.78, 5) is 14.6. The molecule has 0 aromatic heterocycles. The summed E-state index contributed by atoms with van der Waals surface area (Å²) in [6.45, 7) is 1.07. The Bertz CT molecular complexity index is 1010. The number of nitro benzene ring substituents is 1. The number of phenolic OH excluding ortho intramolecular Hbond substituents is 1. The Morgan fingerprint density at radius 2 is 1.79 bits per heavy atom. The van der Waals surface area contributed by atoms with Gasteiger partial charge in [-0.15, -0.1) is 0 Å². The molecule has 0 aliphatic heterocycles. The van der Waals surface area contributed by atoms with E-state index in [2.05, 4.69) is 38.4 Å². The predicted molar refractivity (Wildman–Crippen MR) is 119 cm³/mol. The Morgan fingerprint density at radius 1 is 1.07 bits per heavy atom. The van der Waals surface area contributed by atoms with Gasteiger partial charge in [0, 0.05) is 36.1 Å². The third kappa shape index (κ3) is 5.89. The number of hydrogen-bond acceptors (Lipinski definition) is 5. The Hall–Kier alpha value is -3.19. The number of phenols is 1. The van der Waals surface area contributed by atoms with Crippen molar-refractivity contribution in [2.45, 2.75) is 6.42 Å². The molecule has 3 rings (SSSR count). The van der Waals surface area contributed by atoms with E-state index in [0.717, 1.165) is 17.7 Å². The van der Waals surface area contributed by atoms with Gasteiger partial charge in [0.15, 0.2) is 0 Å². The molecule has 0 fully saturated rings. The minimum atomic E-state index is -0.426. The molecule has 2 N–H and O–H groups in total. The zero-order valence-electron chi connectivity index (χ0n) is 15.6. The molecule has 3 aromatic carbocycles. The lowest BCUT2D eigenvalue weighted by Gasteiger charge is -2.08. The molecule has 0 aliphatic rings. The number of nitrogens with one attached hydrogen (secondary N) is 1. The quantitative estimate of drug-likeness (QED) is 0.212. The number of non-ortho nitro benzene ring substituents is 1. The van der Waals surface area contributed by atoms with Gasteiger partial charge in [-0.2, -0.15) is 0 Å². The van der Waals surface area contributed by atoms with Crippen LogP contribution in [0.3, 0.4) is 0 Å². The zero-order valence-corrected chi connectivity index (χ0v) is 17.2. The van der Waals surface area contributed by atoms with Gasteiger partial charge in [0.05, 0.1) is 15.9 Å². The standard InChI is InChI=1S/C22H20BrN3O3/c23-21-14-17(12-16-4-2-1-3-5-16)13-18(22(21)27)15-24-10-11-25-19-6-8-20(9-7-19)26(28)29/h1-9,13-15,25,27H,10-12H2. The van der Waals surface area contributed by atoms with Crippen LogP contribution in [0.4, 0.5) is 11.4 Å². The van der Waals surface area contributed by atoms with Crippen LogP contribution in [0, 0.1) is 10.1 Å². The number of halogens is 1. The number of anilines is 1. The molecule has 0 heterocycles. The van der Waals surface area contributed by atoms with E-state index < -0.39 is 4.92 Å². The number of rotatable bonds is 8. The summed E-state index contributed by atoms with van der Waals surface area (Å²) in [5, 5.41) is 24.1. The lowest BCUT2D eigenvalue weighted by Crippen LogP contribution is -2.05. The van der Waals surface area contributed by atoms with Crippen molar-refractivity contribution < 1.29 is 10.0 Å². The third-order valence-electron chi connectivity index (χ3n) is 4.28. The van der Waals surface area contributed by atoms with E-state index in [4.69, 9.17) is 0 Å². The first kappa shape index (κ1) is 20.5. The van der Waals surface area contributed by atoms with Crippen LogP contribution in [0.2, 0.25) is 0 Å². The molecule has 29 heavy (non-hydrogen) atoms. The van der Waals surface area contributed by atoms with Crippen molar-refractivity contribution in [1.82, 2.24) is 0 Å². The second-order valence-corrected chi connectivity index (χ2v) is 7.30. The molecule has 7 heteroatoms. The summed E-state index contributed by atoms with van der Waals surface area (Å²) in [5.74, 6) is 0.161. The summed E-state index contributed by atoms with van der Waals surface area (Å²) in [6.07, 6.45) is 2.42. The van der Waals surface area contributed by atoms with Crippen molar-refractivity contribution in [3.63, 3.8) is 0 Å². The van der Waals surface area contributed by atoms with Crippen molar-refractivity contribution in [2.24, 2.45) is 4.99 Å². The Kier molecular flexibility index (Phi) is 6.97. The summed E-state index contributed by atoms with van der Waals surface area (Å²) in [7, 11) is 0. The fourth-order valence-electron chi connectivity index (χ4n) is 2.84. The van der Waals surface area contributed by atoms with Crippen molar-refractivity contribution in [2.75, 3.05) is 18.4 Å². The average molecular weight is 454 g/mol. The molecule has 0 spiro atoms. The molecular formula is C22H20BrN3O3. The lowest BCUT2D eigenvalue weighted by molar-refractivity contribution is -0.384. The monoisotopic (exact) mass is 453 g/mol. The largest absolute Gasteiger partial charge is 0.506 e. The maximum absolute atomic E-state index is 10.7. The summed E-state index contributed by atoms with van der Waals surface area (Å²) in [6, 6.07) is 20.2. The van der Waals surface area contributed by atoms with Gasteiger partial charge in [0.1, 0.15) is 5.75 Å². The van der Waals surface area contributed by atoms with Gasteiger partial charge in [-0.25, -0.2) is 0 Å². The van der Waals surface area contributed by atoms with Crippen LogP contribution in [0.15, 0.2) is 76.2 Å². The Balaban J connectivity index is 1.58. The zero-order chi connectivity index (χ0) is 20.6. The first-order chi connectivity index (χ1) is 14.0. The third-order valence-corrected chi connectivity index (χ3v) is 4.89. The van der Waals surface area contributed by atoms with Gasteiger partial charge in [0.25, 0.3) is 5.69 Å². The molecule has 0 unspecified atom stereocenters. The van der Waals surface area contributed by atoms with E-state index in [1.807, 2.05) is 30.3 Å². The van der Waals surface area contributed by atoms with E-state index in [1.165, 1.54) is 17.7 Å².